The minimum atomic E-state index is -0.774. The topological polar surface area (TPSA) is 40.1 Å². The number of aliphatic carboxylic acids is 1. The van der Waals surface area contributed by atoms with Gasteiger partial charge in [0.1, 0.15) is 0 Å². The van der Waals surface area contributed by atoms with Gasteiger partial charge in [0, 0.05) is 11.4 Å². The van der Waals surface area contributed by atoms with Crippen molar-refractivity contribution in [2.75, 3.05) is 0 Å². The summed E-state index contributed by atoms with van der Waals surface area (Å²) >= 11 is 0. The summed E-state index contributed by atoms with van der Waals surface area (Å²) in [5.74, 6) is -0.127. The van der Waals surface area contributed by atoms with Gasteiger partial charge in [0.15, 0.2) is 0 Å². The van der Waals surface area contributed by atoms with Crippen LogP contribution in [0.25, 0.3) is 0 Å². The first-order valence-electron chi connectivity index (χ1n) is 6.06. The summed E-state index contributed by atoms with van der Waals surface area (Å²) in [6.07, 6.45) is 6.35. The lowest BCUT2D eigenvalue weighted by molar-refractivity contribution is -0.331. The summed E-state index contributed by atoms with van der Waals surface area (Å²) in [6, 6.07) is 0. The summed E-state index contributed by atoms with van der Waals surface area (Å²) in [5, 5.41) is 11.4. The Kier molecular flexibility index (Phi) is 1.56. The summed E-state index contributed by atoms with van der Waals surface area (Å²) in [4.78, 5) is 11.4. The molecule has 4 aliphatic rings. The highest BCUT2D eigenvalue weighted by atomic mass is 16.4. The lowest BCUT2D eigenvalue weighted by atomic mass is 9.40. The van der Waals surface area contributed by atoms with Crippen LogP contribution in [0.5, 0.6) is 0 Å². The van der Waals surface area contributed by atoms with Crippen molar-refractivity contribution >= 4 is 5.97 Å². The van der Waals surface area contributed by atoms with Gasteiger partial charge in [-0.2, -0.15) is 0 Å². The molecule has 84 valence electrons. The van der Waals surface area contributed by atoms with Gasteiger partial charge in [0.25, 0.3) is 0 Å². The van der Waals surface area contributed by atoms with E-state index in [2.05, 4.69) is 13.8 Å². The normalized spacial score (nSPS) is 57.1. The predicted molar refractivity (Wildman–Crippen MR) is 54.8 cm³/mol. The summed E-state index contributed by atoms with van der Waals surface area (Å²) < 4.78 is 0. The fourth-order valence-corrected chi connectivity index (χ4v) is 5.68. The zero-order valence-corrected chi connectivity index (χ0v) is 9.64. The molecule has 2 atom stereocenters. The average Bonchev–Trinajstić information content (AvgIpc) is 1.95. The molecule has 0 radical (unpaired) electrons. The molecule has 4 rings (SSSR count). The summed E-state index contributed by atoms with van der Waals surface area (Å²) in [5.41, 5.74) is 0.103. The number of rotatable bonds is 1. The average molecular weight is 207 g/mol. The monoisotopic (exact) mass is 207 g/mol. The predicted octanol–water partition coefficient (Wildman–Crippen LogP) is 1.73. The standard InChI is InChI=1S/C13H20O2/c1-11-3-9-4-12(2,6-11)8-13(5-9,7-11)10(14)15/h9H,3-8H2,1-2H3,(H,14,15)/p-1. The molecule has 4 aliphatic carbocycles. The maximum atomic E-state index is 11.4. The number of carbonyl (C=O) groups excluding carboxylic acids is 1. The molecule has 0 amide bonds. The van der Waals surface area contributed by atoms with Crippen molar-refractivity contribution in [3.05, 3.63) is 0 Å². The SMILES string of the molecule is CC12CC3CC(C)(C1)CC(C(=O)[O-])(C3)C2. The first-order chi connectivity index (χ1) is 6.85. The van der Waals surface area contributed by atoms with E-state index in [-0.39, 0.29) is 10.8 Å². The Balaban J connectivity index is 2.05. The fraction of sp³-hybridized carbons (Fsp3) is 0.923. The highest BCUT2D eigenvalue weighted by molar-refractivity contribution is 5.73. The third-order valence-corrected chi connectivity index (χ3v) is 5.06. The summed E-state index contributed by atoms with van der Waals surface area (Å²) in [6.45, 7) is 4.57. The summed E-state index contributed by atoms with van der Waals surface area (Å²) in [7, 11) is 0. The van der Waals surface area contributed by atoms with Crippen LogP contribution < -0.4 is 5.11 Å². The number of carboxylic acids is 1. The molecule has 15 heavy (non-hydrogen) atoms. The zero-order chi connectivity index (χ0) is 10.9. The van der Waals surface area contributed by atoms with Crippen LogP contribution in [0.1, 0.15) is 52.4 Å². The molecule has 2 heteroatoms. The van der Waals surface area contributed by atoms with Crippen molar-refractivity contribution in [3.63, 3.8) is 0 Å². The van der Waals surface area contributed by atoms with Crippen molar-refractivity contribution in [2.45, 2.75) is 52.4 Å². The number of hydrogen-bond acceptors (Lipinski definition) is 2. The van der Waals surface area contributed by atoms with Crippen molar-refractivity contribution in [2.24, 2.45) is 22.2 Å². The number of hydrogen-bond donors (Lipinski definition) is 0. The van der Waals surface area contributed by atoms with E-state index in [1.807, 2.05) is 0 Å². The Bertz CT molecular complexity index is 315. The zero-order valence-electron chi connectivity index (χ0n) is 9.64. The van der Waals surface area contributed by atoms with Crippen LogP contribution >= 0.6 is 0 Å². The maximum absolute atomic E-state index is 11.4. The quantitative estimate of drug-likeness (QED) is 0.657. The Morgan fingerprint density at radius 2 is 1.60 bits per heavy atom. The number of carboxylic acid groups (broad SMARTS) is 1. The van der Waals surface area contributed by atoms with Gasteiger partial charge in [0.2, 0.25) is 0 Å². The van der Waals surface area contributed by atoms with E-state index in [0.717, 1.165) is 19.3 Å². The minimum absolute atomic E-state index is 0.286. The van der Waals surface area contributed by atoms with Gasteiger partial charge in [-0.1, -0.05) is 13.8 Å². The molecule has 0 saturated heterocycles. The van der Waals surface area contributed by atoms with E-state index >= 15 is 0 Å². The minimum Gasteiger partial charge on any atom is -0.550 e. The molecule has 0 aliphatic heterocycles. The van der Waals surface area contributed by atoms with Gasteiger partial charge >= 0.3 is 0 Å². The van der Waals surface area contributed by atoms with E-state index in [1.165, 1.54) is 19.3 Å². The van der Waals surface area contributed by atoms with Crippen molar-refractivity contribution in [1.82, 2.24) is 0 Å². The number of carbonyl (C=O) groups is 1. The van der Waals surface area contributed by atoms with E-state index < -0.39 is 11.4 Å². The van der Waals surface area contributed by atoms with Gasteiger partial charge in [-0.15, -0.1) is 0 Å². The van der Waals surface area contributed by atoms with Gasteiger partial charge in [-0.3, -0.25) is 0 Å². The molecule has 0 aromatic rings. The van der Waals surface area contributed by atoms with Crippen LogP contribution in [0.3, 0.4) is 0 Å². The van der Waals surface area contributed by atoms with Crippen LogP contribution in [-0.2, 0) is 4.79 Å². The molecule has 0 N–H and O–H groups in total. The second-order valence-electron chi connectivity index (χ2n) is 7.20. The second-order valence-corrected chi connectivity index (χ2v) is 7.20. The molecule has 0 aromatic carbocycles. The Morgan fingerprint density at radius 1 is 1.07 bits per heavy atom. The fourth-order valence-electron chi connectivity index (χ4n) is 5.68. The Labute approximate surface area is 91.1 Å². The van der Waals surface area contributed by atoms with E-state index in [1.54, 1.807) is 0 Å². The smallest absolute Gasteiger partial charge is 0.0476 e. The highest BCUT2D eigenvalue weighted by Crippen LogP contribution is 2.69. The molecule has 0 spiro atoms. The van der Waals surface area contributed by atoms with Gasteiger partial charge < -0.3 is 9.90 Å². The van der Waals surface area contributed by atoms with E-state index in [0.29, 0.717) is 5.92 Å². The molecule has 2 nitrogen and oxygen atoms in total. The first-order valence-corrected chi connectivity index (χ1v) is 6.06. The molecule has 0 aromatic heterocycles. The molecular formula is C13H19O2-. The molecular weight excluding hydrogens is 188 g/mol. The third kappa shape index (κ3) is 1.20. The van der Waals surface area contributed by atoms with Gasteiger partial charge in [-0.05, 0) is 55.3 Å². The van der Waals surface area contributed by atoms with Crippen LogP contribution in [0.2, 0.25) is 0 Å². The van der Waals surface area contributed by atoms with Crippen LogP contribution in [-0.4, -0.2) is 5.97 Å². The molecule has 4 fully saturated rings. The molecule has 2 unspecified atom stereocenters. The second kappa shape index (κ2) is 2.41. The van der Waals surface area contributed by atoms with Crippen LogP contribution in [0.4, 0.5) is 0 Å². The van der Waals surface area contributed by atoms with Crippen LogP contribution in [0.15, 0.2) is 0 Å². The van der Waals surface area contributed by atoms with E-state index in [4.69, 9.17) is 0 Å². The maximum Gasteiger partial charge on any atom is 0.0476 e. The Hall–Kier alpha value is -0.530. The van der Waals surface area contributed by atoms with Gasteiger partial charge in [0.05, 0.1) is 0 Å². The lowest BCUT2D eigenvalue weighted by Crippen LogP contribution is -2.60. The first kappa shape index (κ1) is 9.68. The van der Waals surface area contributed by atoms with Gasteiger partial charge in [-0.25, -0.2) is 0 Å². The van der Waals surface area contributed by atoms with Crippen molar-refractivity contribution in [3.8, 4) is 0 Å². The lowest BCUT2D eigenvalue weighted by Gasteiger charge is -2.65. The highest BCUT2D eigenvalue weighted by Gasteiger charge is 2.60. The molecule has 4 bridgehead atoms. The largest absolute Gasteiger partial charge is 0.550 e. The molecule has 4 saturated carbocycles. The van der Waals surface area contributed by atoms with Crippen molar-refractivity contribution < 1.29 is 9.90 Å². The van der Waals surface area contributed by atoms with Crippen LogP contribution in [0, 0.1) is 22.2 Å². The Morgan fingerprint density at radius 3 is 2.00 bits per heavy atom. The molecule has 0 heterocycles. The van der Waals surface area contributed by atoms with E-state index in [9.17, 15) is 9.90 Å². The third-order valence-electron chi connectivity index (χ3n) is 5.06. The van der Waals surface area contributed by atoms with Crippen molar-refractivity contribution in [1.29, 1.82) is 0 Å².